The van der Waals surface area contributed by atoms with Gasteiger partial charge >= 0.3 is 0 Å². The first-order valence-corrected chi connectivity index (χ1v) is 11.6. The van der Waals surface area contributed by atoms with Crippen LogP contribution >= 0.6 is 11.8 Å². The number of ether oxygens (including phenoxy) is 1. The number of thioether (sulfide) groups is 1. The van der Waals surface area contributed by atoms with Crippen LogP contribution in [0.1, 0.15) is 11.1 Å². The molecule has 2 aromatic heterocycles. The molecule has 0 aliphatic rings. The van der Waals surface area contributed by atoms with Crippen LogP contribution in [0, 0.1) is 0 Å². The quantitative estimate of drug-likeness (QED) is 0.363. The van der Waals surface area contributed by atoms with Crippen molar-refractivity contribution in [3.63, 3.8) is 0 Å². The number of pyridine rings is 1. The van der Waals surface area contributed by atoms with Gasteiger partial charge in [-0.1, -0.05) is 60.3 Å². The molecule has 2 heterocycles. The molecular weight excluding hydrogens is 434 g/mol. The molecule has 7 nitrogen and oxygen atoms in total. The SMILES string of the molecule is COc1ccccc1CCNC(=O)CSc1nnc(-c2ccncc2)n1Cc1ccccc1. The van der Waals surface area contributed by atoms with Crippen molar-refractivity contribution in [2.75, 3.05) is 19.4 Å². The number of benzene rings is 2. The molecule has 1 N–H and O–H groups in total. The number of carbonyl (C=O) groups excluding carboxylic acids is 1. The monoisotopic (exact) mass is 459 g/mol. The largest absolute Gasteiger partial charge is 0.496 e. The van der Waals surface area contributed by atoms with Gasteiger partial charge in [0.05, 0.1) is 19.4 Å². The van der Waals surface area contributed by atoms with Crippen LogP contribution in [0.5, 0.6) is 5.75 Å². The number of para-hydroxylation sites is 1. The second-order valence-corrected chi connectivity index (χ2v) is 8.26. The Hall–Kier alpha value is -3.65. The van der Waals surface area contributed by atoms with E-state index in [1.54, 1.807) is 19.5 Å². The van der Waals surface area contributed by atoms with Crippen LogP contribution in [0.25, 0.3) is 11.4 Å². The average molecular weight is 460 g/mol. The third-order valence-corrected chi connectivity index (χ3v) is 6.05. The fourth-order valence-corrected chi connectivity index (χ4v) is 4.21. The predicted octanol–water partition coefficient (Wildman–Crippen LogP) is 3.85. The molecule has 0 fully saturated rings. The summed E-state index contributed by atoms with van der Waals surface area (Å²) in [5, 5.41) is 12.4. The number of methoxy groups -OCH3 is 1. The molecule has 0 aliphatic heterocycles. The smallest absolute Gasteiger partial charge is 0.230 e. The second kappa shape index (κ2) is 11.3. The Kier molecular flexibility index (Phi) is 7.71. The molecule has 0 radical (unpaired) electrons. The van der Waals surface area contributed by atoms with Gasteiger partial charge in [0.15, 0.2) is 11.0 Å². The minimum absolute atomic E-state index is 0.0466. The van der Waals surface area contributed by atoms with E-state index < -0.39 is 0 Å². The molecule has 4 rings (SSSR count). The molecule has 33 heavy (non-hydrogen) atoms. The Morgan fingerprint density at radius 2 is 1.76 bits per heavy atom. The zero-order chi connectivity index (χ0) is 22.9. The maximum Gasteiger partial charge on any atom is 0.230 e. The van der Waals surface area contributed by atoms with Crippen LogP contribution in [-0.2, 0) is 17.8 Å². The highest BCUT2D eigenvalue weighted by Crippen LogP contribution is 2.25. The van der Waals surface area contributed by atoms with Gasteiger partial charge in [0.25, 0.3) is 0 Å². The third kappa shape index (κ3) is 5.98. The van der Waals surface area contributed by atoms with Gasteiger partial charge in [-0.3, -0.25) is 14.3 Å². The lowest BCUT2D eigenvalue weighted by Crippen LogP contribution is -2.27. The van der Waals surface area contributed by atoms with Gasteiger partial charge in [-0.15, -0.1) is 10.2 Å². The second-order valence-electron chi connectivity index (χ2n) is 7.31. The number of nitrogens with zero attached hydrogens (tertiary/aromatic N) is 4. The van der Waals surface area contributed by atoms with E-state index in [2.05, 4.69) is 32.6 Å². The summed E-state index contributed by atoms with van der Waals surface area (Å²) in [6, 6.07) is 21.8. The lowest BCUT2D eigenvalue weighted by molar-refractivity contribution is -0.118. The van der Waals surface area contributed by atoms with E-state index in [1.807, 2.05) is 59.2 Å². The van der Waals surface area contributed by atoms with Gasteiger partial charge in [0.1, 0.15) is 5.75 Å². The third-order valence-electron chi connectivity index (χ3n) is 5.08. The number of amides is 1. The Balaban J connectivity index is 1.41. The predicted molar refractivity (Wildman–Crippen MR) is 129 cm³/mol. The Morgan fingerprint density at radius 3 is 2.55 bits per heavy atom. The molecule has 8 heteroatoms. The number of rotatable bonds is 10. The van der Waals surface area contributed by atoms with Crippen molar-refractivity contribution < 1.29 is 9.53 Å². The first kappa shape index (κ1) is 22.5. The fraction of sp³-hybridized carbons (Fsp3) is 0.200. The molecular formula is C25H25N5O2S. The summed E-state index contributed by atoms with van der Waals surface area (Å²) in [5.74, 6) is 1.79. The summed E-state index contributed by atoms with van der Waals surface area (Å²) in [6.45, 7) is 1.15. The van der Waals surface area contributed by atoms with Crippen molar-refractivity contribution in [2.24, 2.45) is 0 Å². The van der Waals surface area contributed by atoms with E-state index in [4.69, 9.17) is 4.74 Å². The Labute approximate surface area is 197 Å². The van der Waals surface area contributed by atoms with E-state index in [9.17, 15) is 4.79 Å². The van der Waals surface area contributed by atoms with Crippen molar-refractivity contribution in [1.82, 2.24) is 25.1 Å². The molecule has 2 aromatic carbocycles. The normalized spacial score (nSPS) is 10.7. The maximum absolute atomic E-state index is 12.5. The molecule has 0 spiro atoms. The van der Waals surface area contributed by atoms with E-state index in [1.165, 1.54) is 11.8 Å². The number of carbonyl (C=O) groups is 1. The highest BCUT2D eigenvalue weighted by molar-refractivity contribution is 7.99. The number of hydrogen-bond acceptors (Lipinski definition) is 6. The number of aromatic nitrogens is 4. The van der Waals surface area contributed by atoms with Gasteiger partial charge in [0, 0.05) is 24.5 Å². The number of hydrogen-bond donors (Lipinski definition) is 1. The first-order valence-electron chi connectivity index (χ1n) is 10.6. The highest BCUT2D eigenvalue weighted by atomic mass is 32.2. The molecule has 168 valence electrons. The van der Waals surface area contributed by atoms with E-state index in [0.29, 0.717) is 24.7 Å². The van der Waals surface area contributed by atoms with Crippen molar-refractivity contribution in [3.05, 3.63) is 90.3 Å². The average Bonchev–Trinajstić information content (AvgIpc) is 3.26. The number of nitrogens with one attached hydrogen (secondary N) is 1. The molecule has 0 aliphatic carbocycles. The Morgan fingerprint density at radius 1 is 1.00 bits per heavy atom. The van der Waals surface area contributed by atoms with Gasteiger partial charge < -0.3 is 10.1 Å². The lowest BCUT2D eigenvalue weighted by Gasteiger charge is -2.11. The zero-order valence-electron chi connectivity index (χ0n) is 18.3. The van der Waals surface area contributed by atoms with Crippen LogP contribution in [0.2, 0.25) is 0 Å². The summed E-state index contributed by atoms with van der Waals surface area (Å²) < 4.78 is 7.41. The van der Waals surface area contributed by atoms with E-state index >= 15 is 0 Å². The van der Waals surface area contributed by atoms with Crippen LogP contribution in [0.15, 0.2) is 84.3 Å². The maximum atomic E-state index is 12.5. The zero-order valence-corrected chi connectivity index (χ0v) is 19.2. The van der Waals surface area contributed by atoms with Crippen LogP contribution in [-0.4, -0.2) is 45.1 Å². The Bertz CT molecular complexity index is 1180. The molecule has 0 unspecified atom stereocenters. The first-order chi connectivity index (χ1) is 16.2. The summed E-state index contributed by atoms with van der Waals surface area (Å²) in [6.07, 6.45) is 4.18. The molecule has 1 amide bonds. The van der Waals surface area contributed by atoms with Crippen molar-refractivity contribution in [3.8, 4) is 17.1 Å². The summed E-state index contributed by atoms with van der Waals surface area (Å²) in [7, 11) is 1.65. The van der Waals surface area contributed by atoms with Gasteiger partial charge in [-0.25, -0.2) is 0 Å². The molecule has 0 atom stereocenters. The standard InChI is InChI=1S/C25H25N5O2S/c1-32-22-10-6-5-9-20(22)13-16-27-23(31)18-33-25-29-28-24(21-11-14-26-15-12-21)30(25)17-19-7-3-2-4-8-19/h2-12,14-15H,13,16-18H2,1H3,(H,27,31). The summed E-state index contributed by atoms with van der Waals surface area (Å²) >= 11 is 1.38. The van der Waals surface area contributed by atoms with E-state index in [-0.39, 0.29) is 11.7 Å². The van der Waals surface area contributed by atoms with E-state index in [0.717, 1.165) is 28.3 Å². The van der Waals surface area contributed by atoms with Crippen molar-refractivity contribution >= 4 is 17.7 Å². The van der Waals surface area contributed by atoms with Crippen LogP contribution < -0.4 is 10.1 Å². The highest BCUT2D eigenvalue weighted by Gasteiger charge is 2.16. The molecule has 0 saturated heterocycles. The van der Waals surface area contributed by atoms with Crippen LogP contribution in [0.3, 0.4) is 0 Å². The lowest BCUT2D eigenvalue weighted by atomic mass is 10.1. The van der Waals surface area contributed by atoms with Crippen molar-refractivity contribution in [1.29, 1.82) is 0 Å². The van der Waals surface area contributed by atoms with Gasteiger partial charge in [0.2, 0.25) is 5.91 Å². The molecule has 0 bridgehead atoms. The van der Waals surface area contributed by atoms with Crippen molar-refractivity contribution in [2.45, 2.75) is 18.1 Å². The van der Waals surface area contributed by atoms with Crippen LogP contribution in [0.4, 0.5) is 0 Å². The summed E-state index contributed by atoms with van der Waals surface area (Å²) in [5.41, 5.74) is 3.13. The minimum atomic E-state index is -0.0466. The molecule has 0 saturated carbocycles. The topological polar surface area (TPSA) is 81.9 Å². The summed E-state index contributed by atoms with van der Waals surface area (Å²) in [4.78, 5) is 16.6. The molecule has 4 aromatic rings. The van der Waals surface area contributed by atoms with Gasteiger partial charge in [-0.05, 0) is 35.7 Å². The minimum Gasteiger partial charge on any atom is -0.496 e. The fourth-order valence-electron chi connectivity index (χ4n) is 3.45. The van der Waals surface area contributed by atoms with Gasteiger partial charge in [-0.2, -0.15) is 0 Å².